The number of rotatable bonds is 3. The maximum absolute atomic E-state index is 11.6. The molecule has 0 fully saturated rings. The lowest BCUT2D eigenvalue weighted by Crippen LogP contribution is -2.05. The van der Waals surface area contributed by atoms with E-state index >= 15 is 0 Å². The lowest BCUT2D eigenvalue weighted by atomic mass is 10.0. The Kier molecular flexibility index (Phi) is 3.60. The van der Waals surface area contributed by atoms with Crippen LogP contribution in [0, 0.1) is 0 Å². The number of hydrogen-bond donors (Lipinski definition) is 0. The van der Waals surface area contributed by atoms with Crippen LogP contribution in [0.25, 0.3) is 10.9 Å². The highest BCUT2D eigenvalue weighted by Crippen LogP contribution is 2.20. The Morgan fingerprint density at radius 3 is 2.78 bits per heavy atom. The van der Waals surface area contributed by atoms with Crippen LogP contribution in [-0.4, -0.2) is 17.6 Å². The normalized spacial score (nSPS) is 10.9. The van der Waals surface area contributed by atoms with Gasteiger partial charge in [-0.05, 0) is 30.5 Å². The number of ether oxygens (including phenoxy) is 1. The molecule has 3 nitrogen and oxygen atoms in total. The van der Waals surface area contributed by atoms with Gasteiger partial charge in [0.05, 0.1) is 17.7 Å². The third-order valence-electron chi connectivity index (χ3n) is 2.89. The standard InChI is InChI=1S/C15H17NO2/c1-4-18-15(17)13-7-12-6-5-11(10(2)3)8-14(12)16-9-13/h5-10H,4H2,1-3H3. The minimum absolute atomic E-state index is 0.320. The zero-order valence-corrected chi connectivity index (χ0v) is 10.9. The summed E-state index contributed by atoms with van der Waals surface area (Å²) in [5.41, 5.74) is 2.66. The van der Waals surface area contributed by atoms with Crippen molar-refractivity contribution in [1.29, 1.82) is 0 Å². The Balaban J connectivity index is 2.41. The maximum Gasteiger partial charge on any atom is 0.339 e. The van der Waals surface area contributed by atoms with Crippen LogP contribution in [0.3, 0.4) is 0 Å². The number of carbonyl (C=O) groups is 1. The van der Waals surface area contributed by atoms with Gasteiger partial charge < -0.3 is 4.74 Å². The van der Waals surface area contributed by atoms with Crippen LogP contribution in [0.1, 0.15) is 42.6 Å². The van der Waals surface area contributed by atoms with Crippen molar-refractivity contribution < 1.29 is 9.53 Å². The number of esters is 1. The second kappa shape index (κ2) is 5.17. The van der Waals surface area contributed by atoms with Crippen LogP contribution in [0.5, 0.6) is 0 Å². The first kappa shape index (κ1) is 12.6. The van der Waals surface area contributed by atoms with E-state index in [1.54, 1.807) is 13.1 Å². The van der Waals surface area contributed by atoms with Crippen LogP contribution in [0.4, 0.5) is 0 Å². The summed E-state index contributed by atoms with van der Waals surface area (Å²) in [6.45, 7) is 6.47. The van der Waals surface area contributed by atoms with Crippen molar-refractivity contribution in [3.63, 3.8) is 0 Å². The van der Waals surface area contributed by atoms with E-state index in [1.165, 1.54) is 5.56 Å². The molecule has 2 rings (SSSR count). The molecular formula is C15H17NO2. The van der Waals surface area contributed by atoms with Crippen molar-refractivity contribution >= 4 is 16.9 Å². The van der Waals surface area contributed by atoms with E-state index in [2.05, 4.69) is 31.0 Å². The van der Waals surface area contributed by atoms with Crippen molar-refractivity contribution in [1.82, 2.24) is 4.98 Å². The maximum atomic E-state index is 11.6. The smallest absolute Gasteiger partial charge is 0.339 e. The van der Waals surface area contributed by atoms with Gasteiger partial charge in [-0.25, -0.2) is 4.79 Å². The average Bonchev–Trinajstić information content (AvgIpc) is 2.37. The van der Waals surface area contributed by atoms with E-state index in [0.29, 0.717) is 18.1 Å². The fraction of sp³-hybridized carbons (Fsp3) is 0.333. The number of hydrogen-bond acceptors (Lipinski definition) is 3. The molecule has 0 bridgehead atoms. The van der Waals surface area contributed by atoms with Gasteiger partial charge in [0, 0.05) is 11.6 Å². The monoisotopic (exact) mass is 243 g/mol. The van der Waals surface area contributed by atoms with Gasteiger partial charge in [-0.3, -0.25) is 4.98 Å². The van der Waals surface area contributed by atoms with Gasteiger partial charge in [0.15, 0.2) is 0 Å². The number of nitrogens with zero attached hydrogens (tertiary/aromatic N) is 1. The molecule has 0 saturated carbocycles. The van der Waals surface area contributed by atoms with E-state index in [-0.39, 0.29) is 5.97 Å². The van der Waals surface area contributed by atoms with Crippen LogP contribution in [0.15, 0.2) is 30.5 Å². The summed E-state index contributed by atoms with van der Waals surface area (Å²) in [6.07, 6.45) is 1.57. The number of benzene rings is 1. The van der Waals surface area contributed by atoms with Gasteiger partial charge in [0.2, 0.25) is 0 Å². The molecular weight excluding hydrogens is 226 g/mol. The molecule has 18 heavy (non-hydrogen) atoms. The third-order valence-corrected chi connectivity index (χ3v) is 2.89. The molecule has 0 N–H and O–H groups in total. The number of carbonyl (C=O) groups excluding carboxylic acids is 1. The molecule has 0 atom stereocenters. The first-order valence-electron chi connectivity index (χ1n) is 6.18. The van der Waals surface area contributed by atoms with Gasteiger partial charge in [0.1, 0.15) is 0 Å². The fourth-order valence-corrected chi connectivity index (χ4v) is 1.82. The lowest BCUT2D eigenvalue weighted by Gasteiger charge is -2.07. The Bertz CT molecular complexity index is 576. The molecule has 1 heterocycles. The topological polar surface area (TPSA) is 39.2 Å². The zero-order valence-electron chi connectivity index (χ0n) is 10.9. The molecule has 0 aliphatic heterocycles. The van der Waals surface area contributed by atoms with Crippen LogP contribution in [0.2, 0.25) is 0 Å². The Labute approximate surface area is 107 Å². The highest BCUT2D eigenvalue weighted by atomic mass is 16.5. The highest BCUT2D eigenvalue weighted by Gasteiger charge is 2.08. The molecule has 0 aliphatic rings. The molecule has 0 radical (unpaired) electrons. The summed E-state index contributed by atoms with van der Waals surface area (Å²) in [6, 6.07) is 7.96. The van der Waals surface area contributed by atoms with Crippen LogP contribution in [-0.2, 0) is 4.74 Å². The summed E-state index contributed by atoms with van der Waals surface area (Å²) in [5, 5.41) is 0.963. The molecule has 0 spiro atoms. The summed E-state index contributed by atoms with van der Waals surface area (Å²) >= 11 is 0. The zero-order chi connectivity index (χ0) is 13.1. The van der Waals surface area contributed by atoms with Gasteiger partial charge >= 0.3 is 5.97 Å². The molecule has 0 amide bonds. The van der Waals surface area contributed by atoms with E-state index in [9.17, 15) is 4.79 Å². The van der Waals surface area contributed by atoms with Crippen molar-refractivity contribution in [2.45, 2.75) is 26.7 Å². The Hall–Kier alpha value is -1.90. The lowest BCUT2D eigenvalue weighted by molar-refractivity contribution is 0.0526. The molecule has 94 valence electrons. The molecule has 1 aromatic heterocycles. The number of fused-ring (bicyclic) bond motifs is 1. The van der Waals surface area contributed by atoms with Crippen molar-refractivity contribution in [3.8, 4) is 0 Å². The summed E-state index contributed by atoms with van der Waals surface area (Å²) in [5.74, 6) is 0.153. The average molecular weight is 243 g/mol. The van der Waals surface area contributed by atoms with Gasteiger partial charge in [-0.1, -0.05) is 26.0 Å². The Morgan fingerprint density at radius 2 is 2.11 bits per heavy atom. The molecule has 0 aliphatic carbocycles. The summed E-state index contributed by atoms with van der Waals surface area (Å²) in [4.78, 5) is 15.9. The minimum Gasteiger partial charge on any atom is -0.462 e. The second-order valence-corrected chi connectivity index (χ2v) is 4.55. The third kappa shape index (κ3) is 2.50. The summed E-state index contributed by atoms with van der Waals surface area (Å²) < 4.78 is 4.96. The van der Waals surface area contributed by atoms with Gasteiger partial charge in [-0.15, -0.1) is 0 Å². The molecule has 0 saturated heterocycles. The number of pyridine rings is 1. The predicted octanol–water partition coefficient (Wildman–Crippen LogP) is 3.53. The number of aromatic nitrogens is 1. The van der Waals surface area contributed by atoms with E-state index in [0.717, 1.165) is 10.9 Å². The molecule has 1 aromatic carbocycles. The molecule has 2 aromatic rings. The first-order chi connectivity index (χ1) is 8.61. The van der Waals surface area contributed by atoms with E-state index < -0.39 is 0 Å². The van der Waals surface area contributed by atoms with Crippen LogP contribution < -0.4 is 0 Å². The molecule has 3 heteroatoms. The fourth-order valence-electron chi connectivity index (χ4n) is 1.82. The summed E-state index contributed by atoms with van der Waals surface area (Å²) in [7, 11) is 0. The van der Waals surface area contributed by atoms with Crippen LogP contribution >= 0.6 is 0 Å². The Morgan fingerprint density at radius 1 is 1.33 bits per heavy atom. The minimum atomic E-state index is -0.320. The quantitative estimate of drug-likeness (QED) is 0.774. The molecule has 0 unspecified atom stereocenters. The highest BCUT2D eigenvalue weighted by molar-refractivity contribution is 5.93. The van der Waals surface area contributed by atoms with Crippen molar-refractivity contribution in [2.75, 3.05) is 6.61 Å². The van der Waals surface area contributed by atoms with Gasteiger partial charge in [-0.2, -0.15) is 0 Å². The van der Waals surface area contributed by atoms with Crippen molar-refractivity contribution in [2.24, 2.45) is 0 Å². The SMILES string of the molecule is CCOC(=O)c1cnc2cc(C(C)C)ccc2c1. The predicted molar refractivity (Wildman–Crippen MR) is 71.8 cm³/mol. The van der Waals surface area contributed by atoms with Gasteiger partial charge in [0.25, 0.3) is 0 Å². The first-order valence-corrected chi connectivity index (χ1v) is 6.18. The largest absolute Gasteiger partial charge is 0.462 e. The van der Waals surface area contributed by atoms with E-state index in [1.807, 2.05) is 12.1 Å². The van der Waals surface area contributed by atoms with E-state index in [4.69, 9.17) is 4.74 Å². The second-order valence-electron chi connectivity index (χ2n) is 4.55. The van der Waals surface area contributed by atoms with Crippen molar-refractivity contribution in [3.05, 3.63) is 41.6 Å².